The Morgan fingerprint density at radius 1 is 1.37 bits per heavy atom. The van der Waals surface area contributed by atoms with Crippen molar-refractivity contribution in [2.24, 2.45) is 10.2 Å². The minimum atomic E-state index is -4.88. The fourth-order valence-corrected chi connectivity index (χ4v) is 2.31. The third-order valence-electron chi connectivity index (χ3n) is 3.26. The third kappa shape index (κ3) is 5.21. The van der Waals surface area contributed by atoms with E-state index >= 15 is 0 Å². The molecule has 2 aromatic rings. The summed E-state index contributed by atoms with van der Waals surface area (Å²) in [5.74, 6) is -0.740. The minimum absolute atomic E-state index is 0.0185. The van der Waals surface area contributed by atoms with Gasteiger partial charge in [-0.2, -0.15) is 0 Å². The lowest BCUT2D eigenvalue weighted by Crippen LogP contribution is -2.01. The zero-order chi connectivity index (χ0) is 20.2. The van der Waals surface area contributed by atoms with E-state index in [1.807, 2.05) is 0 Å². The van der Waals surface area contributed by atoms with E-state index in [2.05, 4.69) is 19.7 Å². The molecule has 0 unspecified atom stereocenters. The third-order valence-corrected chi connectivity index (χ3v) is 3.73. The lowest BCUT2D eigenvalue weighted by atomic mass is 10.1. The molecule has 0 aliphatic carbocycles. The van der Waals surface area contributed by atoms with E-state index in [-0.39, 0.29) is 40.3 Å². The maximum atomic E-state index is 11.3. The summed E-state index contributed by atoms with van der Waals surface area (Å²) in [6, 6.07) is 5.21. The van der Waals surface area contributed by atoms with Crippen LogP contribution in [-0.4, -0.2) is 31.1 Å². The Morgan fingerprint density at radius 2 is 2.07 bits per heavy atom. The van der Waals surface area contributed by atoms with Gasteiger partial charge in [0.2, 0.25) is 0 Å². The van der Waals surface area contributed by atoms with Gasteiger partial charge in [0.1, 0.15) is 5.75 Å². The maximum absolute atomic E-state index is 11.3. The predicted octanol–water partition coefficient (Wildman–Crippen LogP) is 2.84. The number of pyridine rings is 1. The van der Waals surface area contributed by atoms with Gasteiger partial charge in [0.25, 0.3) is 5.69 Å². The summed E-state index contributed by atoms with van der Waals surface area (Å²) in [4.78, 5) is 43.1. The molecule has 0 spiro atoms. The van der Waals surface area contributed by atoms with Crippen molar-refractivity contribution in [3.05, 3.63) is 51.2 Å². The van der Waals surface area contributed by atoms with Crippen LogP contribution in [0.3, 0.4) is 0 Å². The Labute approximate surface area is 151 Å². The van der Waals surface area contributed by atoms with Gasteiger partial charge in [0.05, 0.1) is 28.5 Å². The van der Waals surface area contributed by atoms with Crippen LogP contribution in [-0.2, 0) is 15.7 Å². The number of non-ortho nitro benzene ring substituents is 1. The average molecular weight is 396 g/mol. The van der Waals surface area contributed by atoms with Gasteiger partial charge in [-0.25, -0.2) is 9.55 Å². The number of carbonyl (C=O) groups excluding carboxylic acids is 1. The van der Waals surface area contributed by atoms with Crippen molar-refractivity contribution in [2.45, 2.75) is 13.5 Å². The molecule has 27 heavy (non-hydrogen) atoms. The highest BCUT2D eigenvalue weighted by Gasteiger charge is 2.22. The Morgan fingerprint density at radius 3 is 2.67 bits per heavy atom. The zero-order valence-electron chi connectivity index (χ0n) is 13.7. The smallest absolute Gasteiger partial charge is 0.469 e. The lowest BCUT2D eigenvalue weighted by molar-refractivity contribution is -0.384. The van der Waals surface area contributed by atoms with Crippen LogP contribution in [0, 0.1) is 17.0 Å². The normalized spacial score (nSPS) is 11.7. The van der Waals surface area contributed by atoms with Gasteiger partial charge in [-0.3, -0.25) is 19.4 Å². The van der Waals surface area contributed by atoms with Gasteiger partial charge in [-0.15, -0.1) is 10.2 Å². The Kier molecular flexibility index (Phi) is 6.08. The highest BCUT2D eigenvalue weighted by atomic mass is 31.2. The fraction of sp³-hybridized carbons (Fsp3) is 0.143. The highest BCUT2D eigenvalue weighted by molar-refractivity contribution is 7.46. The van der Waals surface area contributed by atoms with Crippen LogP contribution in [0.5, 0.6) is 5.75 Å². The van der Waals surface area contributed by atoms with Crippen LogP contribution in [0.2, 0.25) is 0 Å². The van der Waals surface area contributed by atoms with Crippen LogP contribution in [0.4, 0.5) is 17.2 Å². The number of nitro groups is 1. The Bertz CT molecular complexity index is 972. The summed E-state index contributed by atoms with van der Waals surface area (Å²) in [5.41, 5.74) is -0.620. The molecule has 0 atom stereocenters. The monoisotopic (exact) mass is 396 g/mol. The molecule has 13 heteroatoms. The van der Waals surface area contributed by atoms with Crippen LogP contribution in [0.25, 0.3) is 0 Å². The number of hydrogen-bond donors (Lipinski definition) is 3. The number of aromatic hydroxyl groups is 1. The van der Waals surface area contributed by atoms with Crippen LogP contribution < -0.4 is 0 Å². The summed E-state index contributed by atoms with van der Waals surface area (Å²) in [7, 11) is -4.88. The number of phosphoric ester groups is 1. The van der Waals surface area contributed by atoms with Gasteiger partial charge in [-0.05, 0) is 13.0 Å². The molecule has 1 heterocycles. The molecule has 1 aromatic heterocycles. The van der Waals surface area contributed by atoms with Crippen molar-refractivity contribution in [3.8, 4) is 5.75 Å². The molecule has 0 fully saturated rings. The SMILES string of the molecule is Cc1nc(/N=N/c2cccc([N+](=O)[O-])c2)c(COP(=O)(O)O)c(C=O)c1O. The van der Waals surface area contributed by atoms with Gasteiger partial charge in [0, 0.05) is 17.7 Å². The molecule has 0 aliphatic heterocycles. The molecule has 1 aromatic carbocycles. The Balaban J connectivity index is 2.49. The molecular weight excluding hydrogens is 383 g/mol. The van der Waals surface area contributed by atoms with E-state index in [1.165, 1.54) is 25.1 Å². The average Bonchev–Trinajstić information content (AvgIpc) is 2.60. The van der Waals surface area contributed by atoms with Gasteiger partial charge in [0.15, 0.2) is 12.1 Å². The summed E-state index contributed by atoms with van der Waals surface area (Å²) in [6.07, 6.45) is 0.259. The summed E-state index contributed by atoms with van der Waals surface area (Å²) >= 11 is 0. The second-order valence-electron chi connectivity index (χ2n) is 5.12. The van der Waals surface area contributed by atoms with Crippen molar-refractivity contribution in [2.75, 3.05) is 0 Å². The van der Waals surface area contributed by atoms with E-state index in [0.29, 0.717) is 0 Å². The molecule has 0 bridgehead atoms. The minimum Gasteiger partial charge on any atom is -0.505 e. The van der Waals surface area contributed by atoms with Gasteiger partial charge in [-0.1, -0.05) is 6.07 Å². The highest BCUT2D eigenvalue weighted by Crippen LogP contribution is 2.40. The van der Waals surface area contributed by atoms with E-state index in [9.17, 15) is 24.6 Å². The van der Waals surface area contributed by atoms with Gasteiger partial charge >= 0.3 is 7.82 Å². The molecule has 0 radical (unpaired) electrons. The molecule has 0 aliphatic rings. The topological polar surface area (TPSA) is 185 Å². The largest absolute Gasteiger partial charge is 0.505 e. The van der Waals surface area contributed by atoms with Crippen molar-refractivity contribution in [3.63, 3.8) is 0 Å². The Hall–Kier alpha value is -3.05. The van der Waals surface area contributed by atoms with E-state index in [4.69, 9.17) is 9.79 Å². The number of nitrogens with zero attached hydrogens (tertiary/aromatic N) is 4. The second-order valence-corrected chi connectivity index (χ2v) is 6.36. The predicted molar refractivity (Wildman–Crippen MR) is 90.1 cm³/mol. The number of hydrogen-bond acceptors (Lipinski definition) is 9. The maximum Gasteiger partial charge on any atom is 0.469 e. The number of benzene rings is 1. The second kappa shape index (κ2) is 8.10. The lowest BCUT2D eigenvalue weighted by Gasteiger charge is -2.12. The van der Waals surface area contributed by atoms with Crippen molar-refractivity contribution in [1.82, 2.24) is 4.98 Å². The summed E-state index contributed by atoms with van der Waals surface area (Å²) < 4.78 is 15.3. The molecular formula is C14H13N4O8P. The first-order valence-corrected chi connectivity index (χ1v) is 8.69. The molecule has 2 rings (SSSR count). The number of phosphoric acid groups is 1. The number of nitro benzene ring substituents is 1. The van der Waals surface area contributed by atoms with Crippen LogP contribution in [0.1, 0.15) is 21.6 Å². The van der Waals surface area contributed by atoms with E-state index < -0.39 is 25.1 Å². The number of azo groups is 1. The first kappa shape index (κ1) is 20.3. The fourth-order valence-electron chi connectivity index (χ4n) is 2.01. The van der Waals surface area contributed by atoms with E-state index in [1.54, 1.807) is 0 Å². The van der Waals surface area contributed by atoms with Crippen LogP contribution in [0.15, 0.2) is 34.5 Å². The first-order chi connectivity index (χ1) is 12.6. The molecule has 3 N–H and O–H groups in total. The van der Waals surface area contributed by atoms with Crippen molar-refractivity contribution < 1.29 is 33.7 Å². The molecule has 12 nitrogen and oxygen atoms in total. The standard InChI is InChI=1S/C14H13N4O8P/c1-8-13(20)11(6-19)12(7-26-27(23,24)25)14(15-8)17-16-9-3-2-4-10(5-9)18(21)22/h2-6,20H,7H2,1H3,(H2,23,24,25)/b17-16+. The van der Waals surface area contributed by atoms with Gasteiger partial charge < -0.3 is 14.9 Å². The summed E-state index contributed by atoms with van der Waals surface area (Å²) in [6.45, 7) is 0.602. The van der Waals surface area contributed by atoms with Crippen LogP contribution >= 0.6 is 7.82 Å². The zero-order valence-corrected chi connectivity index (χ0v) is 14.6. The molecule has 0 saturated carbocycles. The quantitative estimate of drug-likeness (QED) is 0.208. The van der Waals surface area contributed by atoms with Crippen molar-refractivity contribution in [1.29, 1.82) is 0 Å². The van der Waals surface area contributed by atoms with E-state index in [0.717, 1.165) is 6.07 Å². The number of rotatable bonds is 7. The molecule has 142 valence electrons. The number of aldehydes is 1. The first-order valence-electron chi connectivity index (χ1n) is 7.16. The number of carbonyl (C=O) groups is 1. The summed E-state index contributed by atoms with van der Waals surface area (Å²) in [5, 5.41) is 28.3. The van der Waals surface area contributed by atoms with Crippen molar-refractivity contribution >= 4 is 31.3 Å². The number of aryl methyl sites for hydroxylation is 1. The molecule has 0 saturated heterocycles. The number of aromatic nitrogens is 1. The molecule has 0 amide bonds.